The van der Waals surface area contributed by atoms with Crippen molar-refractivity contribution < 1.29 is 5.11 Å². The van der Waals surface area contributed by atoms with Gasteiger partial charge in [0.2, 0.25) is 0 Å². The molecule has 2 N–H and O–H groups in total. The lowest BCUT2D eigenvalue weighted by Crippen LogP contribution is -2.54. The van der Waals surface area contributed by atoms with Crippen molar-refractivity contribution in [3.8, 4) is 0 Å². The second kappa shape index (κ2) is 6.37. The summed E-state index contributed by atoms with van der Waals surface area (Å²) in [6, 6.07) is 10.7. The number of aromatic nitrogens is 4. The van der Waals surface area contributed by atoms with E-state index in [1.54, 1.807) is 13.8 Å². The van der Waals surface area contributed by atoms with Gasteiger partial charge in [0.1, 0.15) is 17.0 Å². The standard InChI is InChI=1S/C22H26N6O/c1-13-11-27(12-14(2)24-13)19-10-23-17-9-15(22(3,4)29)20-25-16-7-5-6-8-18(16)28(20)21(17)26-19/h5-10,13-14,24,29H,11-12H2,1-4H3/t13-,14+. The molecule has 1 aliphatic rings. The third-order valence-electron chi connectivity index (χ3n) is 5.60. The zero-order chi connectivity index (χ0) is 20.3. The molecule has 1 aromatic carbocycles. The van der Waals surface area contributed by atoms with E-state index in [2.05, 4.69) is 24.1 Å². The Hall–Kier alpha value is -2.77. The number of aliphatic hydroxyl groups is 1. The number of benzene rings is 1. The maximum absolute atomic E-state index is 10.8. The van der Waals surface area contributed by atoms with Gasteiger partial charge in [0.05, 0.1) is 22.8 Å². The lowest BCUT2D eigenvalue weighted by Gasteiger charge is -2.36. The quantitative estimate of drug-likeness (QED) is 0.548. The Morgan fingerprint density at radius 1 is 1.03 bits per heavy atom. The molecular weight excluding hydrogens is 364 g/mol. The molecule has 0 saturated carbocycles. The largest absolute Gasteiger partial charge is 0.386 e. The first-order valence-electron chi connectivity index (χ1n) is 10.1. The minimum Gasteiger partial charge on any atom is -0.386 e. The molecule has 2 atom stereocenters. The zero-order valence-corrected chi connectivity index (χ0v) is 17.2. The van der Waals surface area contributed by atoms with Gasteiger partial charge in [-0.15, -0.1) is 0 Å². The van der Waals surface area contributed by atoms with E-state index < -0.39 is 5.60 Å². The maximum atomic E-state index is 10.8. The first-order valence-corrected chi connectivity index (χ1v) is 10.1. The fourth-order valence-electron chi connectivity index (χ4n) is 4.38. The third kappa shape index (κ3) is 3.01. The fourth-order valence-corrected chi connectivity index (χ4v) is 4.38. The number of para-hydroxylation sites is 2. The molecule has 1 saturated heterocycles. The molecule has 3 aromatic heterocycles. The normalized spacial score (nSPS) is 20.8. The van der Waals surface area contributed by atoms with Gasteiger partial charge >= 0.3 is 0 Å². The summed E-state index contributed by atoms with van der Waals surface area (Å²) >= 11 is 0. The van der Waals surface area contributed by atoms with Crippen LogP contribution >= 0.6 is 0 Å². The van der Waals surface area contributed by atoms with Gasteiger partial charge in [-0.2, -0.15) is 0 Å². The minimum absolute atomic E-state index is 0.392. The van der Waals surface area contributed by atoms with Crippen molar-refractivity contribution in [2.75, 3.05) is 18.0 Å². The van der Waals surface area contributed by atoms with Crippen molar-refractivity contribution in [2.45, 2.75) is 45.4 Å². The van der Waals surface area contributed by atoms with Crippen LogP contribution in [-0.4, -0.2) is 49.6 Å². The summed E-state index contributed by atoms with van der Waals surface area (Å²) < 4.78 is 2.03. The summed E-state index contributed by atoms with van der Waals surface area (Å²) in [6.07, 6.45) is 1.84. The lowest BCUT2D eigenvalue weighted by atomic mass is 9.99. The van der Waals surface area contributed by atoms with Crippen molar-refractivity contribution in [2.24, 2.45) is 0 Å². The Balaban J connectivity index is 1.80. The van der Waals surface area contributed by atoms with Gasteiger partial charge in [0, 0.05) is 30.7 Å². The molecule has 0 radical (unpaired) electrons. The Bertz CT molecular complexity index is 1210. The number of pyridine rings is 1. The van der Waals surface area contributed by atoms with Crippen molar-refractivity contribution in [3.05, 3.63) is 42.1 Å². The van der Waals surface area contributed by atoms with E-state index >= 15 is 0 Å². The summed E-state index contributed by atoms with van der Waals surface area (Å²) in [5, 5.41) is 14.3. The van der Waals surface area contributed by atoms with Crippen molar-refractivity contribution in [1.82, 2.24) is 24.7 Å². The van der Waals surface area contributed by atoms with E-state index in [1.807, 2.05) is 40.9 Å². The van der Waals surface area contributed by atoms with Gasteiger partial charge < -0.3 is 15.3 Å². The van der Waals surface area contributed by atoms with Gasteiger partial charge in [0.15, 0.2) is 5.65 Å². The Morgan fingerprint density at radius 3 is 2.48 bits per heavy atom. The van der Waals surface area contributed by atoms with Crippen LogP contribution in [0.15, 0.2) is 36.5 Å². The molecule has 7 nitrogen and oxygen atoms in total. The molecule has 29 heavy (non-hydrogen) atoms. The molecule has 0 unspecified atom stereocenters. The molecule has 0 amide bonds. The van der Waals surface area contributed by atoms with E-state index in [0.717, 1.165) is 52.3 Å². The second-order valence-corrected chi connectivity index (χ2v) is 8.69. The van der Waals surface area contributed by atoms with Crippen LogP contribution in [0.25, 0.3) is 27.8 Å². The number of nitrogens with one attached hydrogen (secondary N) is 1. The number of piperazine rings is 1. The minimum atomic E-state index is -1.04. The Labute approximate surface area is 169 Å². The van der Waals surface area contributed by atoms with Crippen molar-refractivity contribution in [3.63, 3.8) is 0 Å². The van der Waals surface area contributed by atoms with Crippen LogP contribution in [0.2, 0.25) is 0 Å². The Kier molecular flexibility index (Phi) is 4.01. The molecule has 0 bridgehead atoms. The molecule has 1 aliphatic heterocycles. The van der Waals surface area contributed by atoms with Crippen LogP contribution in [0.5, 0.6) is 0 Å². The smallest absolute Gasteiger partial charge is 0.167 e. The monoisotopic (exact) mass is 390 g/mol. The molecular formula is C22H26N6O. The van der Waals surface area contributed by atoms with E-state index in [9.17, 15) is 5.11 Å². The highest BCUT2D eigenvalue weighted by atomic mass is 16.3. The average Bonchev–Trinajstić information content (AvgIpc) is 3.05. The second-order valence-electron chi connectivity index (χ2n) is 8.69. The molecule has 0 spiro atoms. The lowest BCUT2D eigenvalue weighted by molar-refractivity contribution is 0.0798. The molecule has 5 rings (SSSR count). The van der Waals surface area contributed by atoms with Gasteiger partial charge in [-0.25, -0.2) is 15.0 Å². The molecule has 4 heterocycles. The predicted molar refractivity (Wildman–Crippen MR) is 115 cm³/mol. The summed E-state index contributed by atoms with van der Waals surface area (Å²) in [5.74, 6) is 0.868. The van der Waals surface area contributed by atoms with Crippen LogP contribution in [-0.2, 0) is 5.60 Å². The number of anilines is 1. The maximum Gasteiger partial charge on any atom is 0.167 e. The van der Waals surface area contributed by atoms with Crippen LogP contribution in [0.1, 0.15) is 33.3 Å². The number of nitrogens with zero attached hydrogens (tertiary/aromatic N) is 5. The molecule has 1 fully saturated rings. The first-order chi connectivity index (χ1) is 13.8. The van der Waals surface area contributed by atoms with Crippen LogP contribution in [0, 0.1) is 0 Å². The number of imidazole rings is 1. The van der Waals surface area contributed by atoms with Crippen LogP contribution < -0.4 is 10.2 Å². The summed E-state index contributed by atoms with van der Waals surface area (Å²) in [5.41, 5.74) is 3.78. The highest BCUT2D eigenvalue weighted by Gasteiger charge is 2.26. The van der Waals surface area contributed by atoms with Crippen molar-refractivity contribution >= 4 is 33.7 Å². The predicted octanol–water partition coefficient (Wildman–Crippen LogP) is 2.84. The summed E-state index contributed by atoms with van der Waals surface area (Å²) in [7, 11) is 0. The number of rotatable bonds is 2. The SMILES string of the molecule is C[C@@H]1CN(c2cnc3cc(C(C)(C)O)c4nc5ccccc5n4c3n2)C[C@H](C)N1. The molecule has 150 valence electrons. The van der Waals surface area contributed by atoms with E-state index in [-0.39, 0.29) is 0 Å². The average molecular weight is 390 g/mol. The highest BCUT2D eigenvalue weighted by molar-refractivity contribution is 5.89. The van der Waals surface area contributed by atoms with Crippen LogP contribution in [0.4, 0.5) is 5.82 Å². The summed E-state index contributed by atoms with van der Waals surface area (Å²) in [6.45, 7) is 9.71. The number of hydrogen-bond acceptors (Lipinski definition) is 6. The van der Waals surface area contributed by atoms with Crippen LogP contribution in [0.3, 0.4) is 0 Å². The fraction of sp³-hybridized carbons (Fsp3) is 0.409. The van der Waals surface area contributed by atoms with Gasteiger partial charge in [-0.1, -0.05) is 12.1 Å². The number of fused-ring (bicyclic) bond motifs is 5. The Morgan fingerprint density at radius 2 is 1.76 bits per heavy atom. The van der Waals surface area contributed by atoms with Crippen molar-refractivity contribution in [1.29, 1.82) is 0 Å². The van der Waals surface area contributed by atoms with Gasteiger partial charge in [-0.3, -0.25) is 4.40 Å². The van der Waals surface area contributed by atoms with E-state index in [4.69, 9.17) is 15.0 Å². The van der Waals surface area contributed by atoms with Gasteiger partial charge in [-0.05, 0) is 45.9 Å². The third-order valence-corrected chi connectivity index (χ3v) is 5.60. The number of hydrogen-bond donors (Lipinski definition) is 2. The van der Waals surface area contributed by atoms with E-state index in [0.29, 0.717) is 12.1 Å². The highest BCUT2D eigenvalue weighted by Crippen LogP contribution is 2.31. The van der Waals surface area contributed by atoms with E-state index in [1.165, 1.54) is 0 Å². The van der Waals surface area contributed by atoms with Gasteiger partial charge in [0.25, 0.3) is 0 Å². The first kappa shape index (κ1) is 18.3. The molecule has 7 heteroatoms. The topological polar surface area (TPSA) is 78.6 Å². The zero-order valence-electron chi connectivity index (χ0n) is 17.2. The molecule has 0 aliphatic carbocycles. The molecule has 4 aromatic rings. The summed E-state index contributed by atoms with van der Waals surface area (Å²) in [4.78, 5) is 16.8.